The average Bonchev–Trinajstić information content (AvgIpc) is 2.98. The molecule has 2 N–H and O–H groups in total. The number of anilines is 2. The fourth-order valence-electron chi connectivity index (χ4n) is 1.69. The summed E-state index contributed by atoms with van der Waals surface area (Å²) in [5.41, 5.74) is 1.95. The van der Waals surface area contributed by atoms with Gasteiger partial charge in [0.1, 0.15) is 9.52 Å². The van der Waals surface area contributed by atoms with Crippen molar-refractivity contribution in [1.29, 1.82) is 0 Å². The third-order valence-corrected chi connectivity index (χ3v) is 4.01. The van der Waals surface area contributed by atoms with Crippen LogP contribution in [0, 0.1) is 10.6 Å². The Hall–Kier alpha value is -1.48. The maximum atomic E-state index is 4.58. The molecule has 0 bridgehead atoms. The molecule has 0 aromatic carbocycles. The second kappa shape index (κ2) is 5.25. The third kappa shape index (κ3) is 2.76. The number of nitrogens with one attached hydrogen (secondary N) is 2. The van der Waals surface area contributed by atoms with Gasteiger partial charge in [-0.1, -0.05) is 6.07 Å². The molecule has 0 amide bonds. The van der Waals surface area contributed by atoms with Gasteiger partial charge in [-0.3, -0.25) is 5.10 Å². The molecular weight excluding hydrogens is 373 g/mol. The zero-order valence-electron chi connectivity index (χ0n) is 10.0. The largest absolute Gasteiger partial charge is 0.316 e. The highest BCUT2D eigenvalue weighted by Gasteiger charge is 2.11. The molecule has 0 unspecified atom stereocenters. The van der Waals surface area contributed by atoms with Crippen LogP contribution in [0.2, 0.25) is 0 Å². The maximum absolute atomic E-state index is 4.58. The van der Waals surface area contributed by atoms with E-state index in [2.05, 4.69) is 48.1 Å². The summed E-state index contributed by atoms with van der Waals surface area (Å²) < 4.78 is 0.950. The lowest BCUT2D eigenvalue weighted by molar-refractivity contribution is 1.09. The lowest BCUT2D eigenvalue weighted by Crippen LogP contribution is -1.93. The average molecular weight is 383 g/mol. The number of thiazole rings is 1. The minimum Gasteiger partial charge on any atom is -0.316 e. The first-order chi connectivity index (χ1) is 9.22. The van der Waals surface area contributed by atoms with Gasteiger partial charge in [-0.2, -0.15) is 5.10 Å². The molecule has 0 atom stereocenters. The third-order valence-electron chi connectivity index (χ3n) is 2.52. The lowest BCUT2D eigenvalue weighted by atomic mass is 10.2. The van der Waals surface area contributed by atoms with E-state index in [1.165, 1.54) is 0 Å². The van der Waals surface area contributed by atoms with Crippen LogP contribution in [0.3, 0.4) is 0 Å². The number of pyridine rings is 1. The molecule has 96 valence electrons. The Morgan fingerprint density at radius 2 is 2.21 bits per heavy atom. The smallest absolute Gasteiger partial charge is 0.189 e. The van der Waals surface area contributed by atoms with Crippen LogP contribution < -0.4 is 5.32 Å². The molecule has 3 heterocycles. The van der Waals surface area contributed by atoms with Crippen LogP contribution in [0.15, 0.2) is 30.6 Å². The van der Waals surface area contributed by atoms with E-state index in [0.717, 1.165) is 30.8 Å². The summed E-state index contributed by atoms with van der Waals surface area (Å²) in [6, 6.07) is 5.85. The van der Waals surface area contributed by atoms with Gasteiger partial charge in [0.15, 0.2) is 5.13 Å². The van der Waals surface area contributed by atoms with Crippen molar-refractivity contribution in [2.45, 2.75) is 6.92 Å². The molecule has 0 fully saturated rings. The lowest BCUT2D eigenvalue weighted by Gasteiger charge is -2.00. The van der Waals surface area contributed by atoms with Crippen molar-refractivity contribution in [3.63, 3.8) is 0 Å². The Bertz CT molecular complexity index is 692. The molecule has 0 saturated carbocycles. The number of halogens is 1. The highest BCUT2D eigenvalue weighted by Crippen LogP contribution is 2.31. The summed E-state index contributed by atoms with van der Waals surface area (Å²) in [6.07, 6.45) is 3.62. The summed E-state index contributed by atoms with van der Waals surface area (Å²) >= 11 is 3.79. The summed E-state index contributed by atoms with van der Waals surface area (Å²) in [5, 5.41) is 10.8. The van der Waals surface area contributed by atoms with E-state index < -0.39 is 0 Å². The number of rotatable bonds is 3. The SMILES string of the molecule is Cc1sc(Nc2cccc(I)n2)nc1-c1cn[nH]c1. The molecule has 3 rings (SSSR count). The summed E-state index contributed by atoms with van der Waals surface area (Å²) in [7, 11) is 0. The van der Waals surface area contributed by atoms with Crippen molar-refractivity contribution in [3.05, 3.63) is 39.2 Å². The van der Waals surface area contributed by atoms with E-state index in [4.69, 9.17) is 0 Å². The van der Waals surface area contributed by atoms with Crippen LogP contribution in [-0.4, -0.2) is 20.2 Å². The highest BCUT2D eigenvalue weighted by atomic mass is 127. The van der Waals surface area contributed by atoms with Crippen LogP contribution in [0.1, 0.15) is 4.88 Å². The predicted molar refractivity (Wildman–Crippen MR) is 84.7 cm³/mol. The number of hydrogen-bond donors (Lipinski definition) is 2. The monoisotopic (exact) mass is 383 g/mol. The van der Waals surface area contributed by atoms with Gasteiger partial charge >= 0.3 is 0 Å². The Kier molecular flexibility index (Phi) is 3.47. The quantitative estimate of drug-likeness (QED) is 0.536. The van der Waals surface area contributed by atoms with Gasteiger partial charge in [0.25, 0.3) is 0 Å². The van der Waals surface area contributed by atoms with Crippen molar-refractivity contribution in [2.75, 3.05) is 5.32 Å². The van der Waals surface area contributed by atoms with Gasteiger partial charge in [0, 0.05) is 16.6 Å². The topological polar surface area (TPSA) is 66.5 Å². The number of aromatic nitrogens is 4. The van der Waals surface area contributed by atoms with Crippen LogP contribution in [0.5, 0.6) is 0 Å². The fourth-order valence-corrected chi connectivity index (χ4v) is 3.00. The first kappa shape index (κ1) is 12.5. The first-order valence-electron chi connectivity index (χ1n) is 5.58. The van der Waals surface area contributed by atoms with E-state index in [1.807, 2.05) is 31.3 Å². The molecule has 7 heteroatoms. The second-order valence-corrected chi connectivity index (χ2v) is 6.19. The van der Waals surface area contributed by atoms with E-state index >= 15 is 0 Å². The van der Waals surface area contributed by atoms with Crippen molar-refractivity contribution < 1.29 is 0 Å². The molecule has 0 aliphatic rings. The van der Waals surface area contributed by atoms with Gasteiger partial charge in [-0.25, -0.2) is 9.97 Å². The van der Waals surface area contributed by atoms with Crippen LogP contribution in [-0.2, 0) is 0 Å². The van der Waals surface area contributed by atoms with Gasteiger partial charge < -0.3 is 5.32 Å². The van der Waals surface area contributed by atoms with Crippen molar-refractivity contribution >= 4 is 44.9 Å². The first-order valence-corrected chi connectivity index (χ1v) is 7.48. The summed E-state index contributed by atoms with van der Waals surface area (Å²) in [4.78, 5) is 10.1. The molecule has 0 radical (unpaired) electrons. The second-order valence-electron chi connectivity index (χ2n) is 3.88. The van der Waals surface area contributed by atoms with E-state index in [9.17, 15) is 0 Å². The van der Waals surface area contributed by atoms with Gasteiger partial charge in [0.2, 0.25) is 0 Å². The number of hydrogen-bond acceptors (Lipinski definition) is 5. The minimum atomic E-state index is 0.805. The Balaban J connectivity index is 1.89. The number of aryl methyl sites for hydroxylation is 1. The number of aromatic amines is 1. The number of nitrogens with zero attached hydrogens (tertiary/aromatic N) is 3. The van der Waals surface area contributed by atoms with Crippen molar-refractivity contribution in [1.82, 2.24) is 20.2 Å². The Labute approximate surface area is 127 Å². The van der Waals surface area contributed by atoms with Gasteiger partial charge in [-0.05, 0) is 41.6 Å². The fraction of sp³-hybridized carbons (Fsp3) is 0.0833. The Morgan fingerprint density at radius 3 is 2.95 bits per heavy atom. The highest BCUT2D eigenvalue weighted by molar-refractivity contribution is 14.1. The molecule has 19 heavy (non-hydrogen) atoms. The Morgan fingerprint density at radius 1 is 1.32 bits per heavy atom. The molecule has 0 aliphatic carbocycles. The summed E-state index contributed by atoms with van der Waals surface area (Å²) in [6.45, 7) is 2.05. The number of H-pyrrole nitrogens is 1. The molecule has 5 nitrogen and oxygen atoms in total. The molecule has 0 spiro atoms. The van der Waals surface area contributed by atoms with E-state index in [-0.39, 0.29) is 0 Å². The van der Waals surface area contributed by atoms with Crippen molar-refractivity contribution in [2.24, 2.45) is 0 Å². The van der Waals surface area contributed by atoms with Crippen LogP contribution in [0.4, 0.5) is 10.9 Å². The van der Waals surface area contributed by atoms with Crippen LogP contribution in [0.25, 0.3) is 11.3 Å². The van der Waals surface area contributed by atoms with Gasteiger partial charge in [0.05, 0.1) is 11.9 Å². The van der Waals surface area contributed by atoms with Crippen LogP contribution >= 0.6 is 33.9 Å². The summed E-state index contributed by atoms with van der Waals surface area (Å²) in [5.74, 6) is 0.805. The van der Waals surface area contributed by atoms with E-state index in [0.29, 0.717) is 0 Å². The molecule has 0 aliphatic heterocycles. The van der Waals surface area contributed by atoms with Gasteiger partial charge in [-0.15, -0.1) is 11.3 Å². The normalized spacial score (nSPS) is 10.6. The minimum absolute atomic E-state index is 0.805. The standard InChI is InChI=1S/C12H10IN5S/c1-7-11(8-5-14-15-6-8)18-12(19-7)17-10-4-2-3-9(13)16-10/h2-6H,1H3,(H,14,15)(H,16,17,18). The zero-order chi connectivity index (χ0) is 13.2. The maximum Gasteiger partial charge on any atom is 0.189 e. The van der Waals surface area contributed by atoms with Crippen molar-refractivity contribution in [3.8, 4) is 11.3 Å². The predicted octanol–water partition coefficient (Wildman–Crippen LogP) is 3.58. The molecule has 3 aromatic heterocycles. The zero-order valence-corrected chi connectivity index (χ0v) is 13.0. The van der Waals surface area contributed by atoms with E-state index in [1.54, 1.807) is 17.5 Å². The molecular formula is C12H10IN5S. The molecule has 3 aromatic rings. The molecule has 0 saturated heterocycles.